The van der Waals surface area contributed by atoms with E-state index in [-0.39, 0.29) is 11.8 Å². The quantitative estimate of drug-likeness (QED) is 0.491. The summed E-state index contributed by atoms with van der Waals surface area (Å²) in [6.07, 6.45) is 1.64. The Morgan fingerprint density at radius 1 is 1.16 bits per heavy atom. The molecule has 2 heterocycles. The van der Waals surface area contributed by atoms with Gasteiger partial charge in [0.15, 0.2) is 0 Å². The van der Waals surface area contributed by atoms with Gasteiger partial charge in [-0.3, -0.25) is 9.69 Å². The molecule has 0 radical (unpaired) electrons. The Balaban J connectivity index is 1.29. The number of hydrogen-bond donors (Lipinski definition) is 0. The van der Waals surface area contributed by atoms with Gasteiger partial charge in [0.05, 0.1) is 11.6 Å². The van der Waals surface area contributed by atoms with Crippen LogP contribution < -0.4 is 0 Å². The third kappa shape index (κ3) is 5.49. The Kier molecular flexibility index (Phi) is 7.13. The van der Waals surface area contributed by atoms with Crippen LogP contribution in [0.1, 0.15) is 29.9 Å². The van der Waals surface area contributed by atoms with Gasteiger partial charge in [-0.25, -0.2) is 0 Å². The molecule has 0 N–H and O–H groups in total. The van der Waals surface area contributed by atoms with Crippen LogP contribution in [-0.2, 0) is 17.9 Å². The molecular formula is C24H26Cl2N4O2. The maximum atomic E-state index is 12.9. The van der Waals surface area contributed by atoms with Crippen molar-refractivity contribution >= 4 is 29.1 Å². The summed E-state index contributed by atoms with van der Waals surface area (Å²) in [7, 11) is 1.89. The van der Waals surface area contributed by atoms with Gasteiger partial charge in [0.1, 0.15) is 0 Å². The molecule has 0 saturated carbocycles. The number of nitrogens with zero attached hydrogens (tertiary/aromatic N) is 4. The van der Waals surface area contributed by atoms with Crippen molar-refractivity contribution in [1.29, 1.82) is 0 Å². The van der Waals surface area contributed by atoms with E-state index in [0.29, 0.717) is 40.4 Å². The van der Waals surface area contributed by atoms with Crippen LogP contribution in [0.3, 0.4) is 0 Å². The van der Waals surface area contributed by atoms with Crippen LogP contribution in [0.15, 0.2) is 47.0 Å². The fourth-order valence-electron chi connectivity index (χ4n) is 3.99. The molecule has 1 aliphatic rings. The summed E-state index contributed by atoms with van der Waals surface area (Å²) in [5, 5.41) is 5.10. The first-order chi connectivity index (χ1) is 15.4. The largest absolute Gasteiger partial charge is 0.341 e. The van der Waals surface area contributed by atoms with Crippen LogP contribution in [0.5, 0.6) is 0 Å². The SMILES string of the molecule is Cc1ccc(CN(C)C(=O)C2CCN(Cc3nc(-c4ccc(Cl)cc4Cl)no3)CC2)cc1. The number of piperidine rings is 1. The highest BCUT2D eigenvalue weighted by atomic mass is 35.5. The lowest BCUT2D eigenvalue weighted by atomic mass is 9.95. The molecule has 8 heteroatoms. The zero-order valence-electron chi connectivity index (χ0n) is 18.2. The van der Waals surface area contributed by atoms with E-state index < -0.39 is 0 Å². The summed E-state index contributed by atoms with van der Waals surface area (Å²) >= 11 is 12.2. The van der Waals surface area contributed by atoms with Crippen molar-refractivity contribution < 1.29 is 9.32 Å². The third-order valence-electron chi connectivity index (χ3n) is 5.85. The highest BCUT2D eigenvalue weighted by molar-refractivity contribution is 6.36. The smallest absolute Gasteiger partial charge is 0.241 e. The van der Waals surface area contributed by atoms with Gasteiger partial charge in [-0.15, -0.1) is 0 Å². The fraction of sp³-hybridized carbons (Fsp3) is 0.375. The minimum Gasteiger partial charge on any atom is -0.341 e. The Hall–Kier alpha value is -2.41. The van der Waals surface area contributed by atoms with Gasteiger partial charge in [0, 0.05) is 30.1 Å². The molecule has 0 unspecified atom stereocenters. The molecule has 1 aliphatic heterocycles. The molecule has 4 rings (SSSR count). The molecule has 2 aromatic carbocycles. The molecule has 1 fully saturated rings. The molecule has 168 valence electrons. The van der Waals surface area contributed by atoms with Crippen LogP contribution in [0.25, 0.3) is 11.4 Å². The van der Waals surface area contributed by atoms with E-state index in [1.807, 2.05) is 11.9 Å². The summed E-state index contributed by atoms with van der Waals surface area (Å²) in [6.45, 7) is 4.88. The Morgan fingerprint density at radius 2 is 1.88 bits per heavy atom. The molecule has 32 heavy (non-hydrogen) atoms. The highest BCUT2D eigenvalue weighted by Gasteiger charge is 2.28. The first-order valence-corrected chi connectivity index (χ1v) is 11.5. The molecule has 1 aromatic heterocycles. The first kappa shape index (κ1) is 22.8. The average molecular weight is 473 g/mol. The van der Waals surface area contributed by atoms with Crippen molar-refractivity contribution in [3.05, 3.63) is 69.5 Å². The van der Waals surface area contributed by atoms with Gasteiger partial charge < -0.3 is 9.42 Å². The number of aromatic nitrogens is 2. The molecule has 0 spiro atoms. The van der Waals surface area contributed by atoms with Crippen molar-refractivity contribution in [3.63, 3.8) is 0 Å². The lowest BCUT2D eigenvalue weighted by molar-refractivity contribution is -0.136. The monoisotopic (exact) mass is 472 g/mol. The lowest BCUT2D eigenvalue weighted by Crippen LogP contribution is -2.40. The number of halogens is 2. The number of likely N-dealkylation sites (tertiary alicyclic amines) is 1. The predicted molar refractivity (Wildman–Crippen MR) is 125 cm³/mol. The lowest BCUT2D eigenvalue weighted by Gasteiger charge is -2.32. The summed E-state index contributed by atoms with van der Waals surface area (Å²) in [6, 6.07) is 13.5. The van der Waals surface area contributed by atoms with Gasteiger partial charge in [0.25, 0.3) is 0 Å². The second-order valence-corrected chi connectivity index (χ2v) is 9.21. The second-order valence-electron chi connectivity index (χ2n) is 8.37. The van der Waals surface area contributed by atoms with E-state index in [0.717, 1.165) is 31.5 Å². The molecule has 0 aliphatic carbocycles. The standard InChI is InChI=1S/C24H26Cl2N4O2/c1-16-3-5-17(6-4-16)14-29(2)24(31)18-9-11-30(12-10-18)15-22-27-23(28-32-22)20-8-7-19(25)13-21(20)26/h3-8,13,18H,9-12,14-15H2,1-2H3. The van der Waals surface area contributed by atoms with Crippen molar-refractivity contribution in [3.8, 4) is 11.4 Å². The van der Waals surface area contributed by atoms with Crippen molar-refractivity contribution in [2.75, 3.05) is 20.1 Å². The summed E-state index contributed by atoms with van der Waals surface area (Å²) in [4.78, 5) is 21.5. The molecule has 1 saturated heterocycles. The highest BCUT2D eigenvalue weighted by Crippen LogP contribution is 2.29. The van der Waals surface area contributed by atoms with Gasteiger partial charge in [-0.2, -0.15) is 4.98 Å². The van der Waals surface area contributed by atoms with Gasteiger partial charge in [0.2, 0.25) is 17.6 Å². The summed E-state index contributed by atoms with van der Waals surface area (Å²) in [5.41, 5.74) is 3.06. The Morgan fingerprint density at radius 3 is 2.56 bits per heavy atom. The summed E-state index contributed by atoms with van der Waals surface area (Å²) < 4.78 is 5.42. The minimum absolute atomic E-state index is 0.0489. The van der Waals surface area contributed by atoms with Crippen LogP contribution >= 0.6 is 23.2 Å². The molecule has 1 amide bonds. The molecule has 0 atom stereocenters. The fourth-order valence-corrected chi connectivity index (χ4v) is 4.48. The predicted octanol–water partition coefficient (Wildman–Crippen LogP) is 5.22. The van der Waals surface area contributed by atoms with E-state index in [1.54, 1.807) is 18.2 Å². The van der Waals surface area contributed by atoms with Crippen molar-refractivity contribution in [2.24, 2.45) is 5.92 Å². The maximum absolute atomic E-state index is 12.9. The van der Waals surface area contributed by atoms with E-state index >= 15 is 0 Å². The average Bonchev–Trinajstić information content (AvgIpc) is 3.23. The minimum atomic E-state index is 0.0489. The topological polar surface area (TPSA) is 62.5 Å². The number of carbonyl (C=O) groups excluding carboxylic acids is 1. The molecular weight excluding hydrogens is 447 g/mol. The third-order valence-corrected chi connectivity index (χ3v) is 6.40. The number of aryl methyl sites for hydroxylation is 1. The van der Waals surface area contributed by atoms with E-state index in [9.17, 15) is 4.79 Å². The van der Waals surface area contributed by atoms with Crippen LogP contribution in [0.4, 0.5) is 0 Å². The van der Waals surface area contributed by atoms with Crippen LogP contribution in [0.2, 0.25) is 10.0 Å². The van der Waals surface area contributed by atoms with E-state index in [2.05, 4.69) is 46.2 Å². The van der Waals surface area contributed by atoms with Crippen LogP contribution in [-0.4, -0.2) is 46.0 Å². The molecule has 6 nitrogen and oxygen atoms in total. The van der Waals surface area contributed by atoms with Crippen LogP contribution in [0, 0.1) is 12.8 Å². The summed E-state index contributed by atoms with van der Waals surface area (Å²) in [5.74, 6) is 1.24. The first-order valence-electron chi connectivity index (χ1n) is 10.7. The van der Waals surface area contributed by atoms with Crippen molar-refractivity contribution in [1.82, 2.24) is 19.9 Å². The Labute approximate surface area is 198 Å². The molecule has 3 aromatic rings. The second kappa shape index (κ2) is 10.0. The van der Waals surface area contributed by atoms with E-state index in [1.165, 1.54) is 5.56 Å². The molecule has 0 bridgehead atoms. The van der Waals surface area contributed by atoms with Crippen molar-refractivity contribution in [2.45, 2.75) is 32.9 Å². The van der Waals surface area contributed by atoms with Gasteiger partial charge in [-0.05, 0) is 56.6 Å². The normalized spacial score (nSPS) is 15.1. The number of amides is 1. The zero-order valence-corrected chi connectivity index (χ0v) is 19.7. The number of carbonyl (C=O) groups is 1. The zero-order chi connectivity index (χ0) is 22.7. The number of benzene rings is 2. The maximum Gasteiger partial charge on any atom is 0.241 e. The van der Waals surface area contributed by atoms with Gasteiger partial charge in [-0.1, -0.05) is 58.2 Å². The van der Waals surface area contributed by atoms with Gasteiger partial charge >= 0.3 is 0 Å². The Bertz CT molecular complexity index is 1080. The van der Waals surface area contributed by atoms with E-state index in [4.69, 9.17) is 27.7 Å². The number of rotatable bonds is 6. The number of hydrogen-bond acceptors (Lipinski definition) is 5.